The largest absolute Gasteiger partial charge is 0.378 e. The molecule has 110 valence electrons. The van der Waals surface area contributed by atoms with Crippen molar-refractivity contribution in [2.75, 3.05) is 45.7 Å². The van der Waals surface area contributed by atoms with E-state index in [2.05, 4.69) is 34.0 Å². The minimum Gasteiger partial charge on any atom is -0.378 e. The van der Waals surface area contributed by atoms with Gasteiger partial charge in [-0.1, -0.05) is 0 Å². The van der Waals surface area contributed by atoms with Crippen LogP contribution in [0.5, 0.6) is 0 Å². The molecule has 0 saturated heterocycles. The van der Waals surface area contributed by atoms with E-state index in [1.165, 1.54) is 10.4 Å². The molecule has 0 spiro atoms. The molecule has 0 aliphatic rings. The zero-order valence-corrected chi connectivity index (χ0v) is 13.4. The molecular weight excluding hydrogens is 272 g/mol. The Balaban J connectivity index is 1.90. The molecule has 2 heterocycles. The lowest BCUT2D eigenvalue weighted by Crippen LogP contribution is -2.20. The average molecular weight is 294 g/mol. The molecule has 0 bridgehead atoms. The van der Waals surface area contributed by atoms with E-state index in [4.69, 9.17) is 4.74 Å². The van der Waals surface area contributed by atoms with E-state index in [-0.39, 0.29) is 0 Å². The van der Waals surface area contributed by atoms with Crippen molar-refractivity contribution in [2.24, 2.45) is 0 Å². The quantitative estimate of drug-likeness (QED) is 0.794. The summed E-state index contributed by atoms with van der Waals surface area (Å²) in [6.07, 6.45) is 1.62. The van der Waals surface area contributed by atoms with Gasteiger partial charge in [-0.05, 0) is 33.5 Å². The molecule has 0 unspecified atom stereocenters. The summed E-state index contributed by atoms with van der Waals surface area (Å²) < 4.78 is 5.57. The van der Waals surface area contributed by atoms with Gasteiger partial charge < -0.3 is 15.0 Å². The van der Waals surface area contributed by atoms with Crippen molar-refractivity contribution < 1.29 is 4.74 Å². The van der Waals surface area contributed by atoms with Crippen LogP contribution in [0.2, 0.25) is 0 Å². The highest BCUT2D eigenvalue weighted by Crippen LogP contribution is 2.32. The van der Waals surface area contributed by atoms with Crippen LogP contribution in [0.25, 0.3) is 10.2 Å². The van der Waals surface area contributed by atoms with E-state index in [0.29, 0.717) is 6.61 Å². The molecule has 0 saturated carbocycles. The van der Waals surface area contributed by atoms with Crippen molar-refractivity contribution in [3.05, 3.63) is 16.8 Å². The van der Waals surface area contributed by atoms with Crippen molar-refractivity contribution in [3.63, 3.8) is 0 Å². The zero-order chi connectivity index (χ0) is 14.5. The number of thiophene rings is 1. The van der Waals surface area contributed by atoms with Crippen LogP contribution >= 0.6 is 11.3 Å². The van der Waals surface area contributed by atoms with Gasteiger partial charge in [-0.15, -0.1) is 11.3 Å². The van der Waals surface area contributed by atoms with E-state index in [1.54, 1.807) is 17.7 Å². The average Bonchev–Trinajstić information content (AvgIpc) is 2.70. The number of fused-ring (bicyclic) bond motifs is 1. The highest BCUT2D eigenvalue weighted by molar-refractivity contribution is 7.18. The molecule has 0 radical (unpaired) electrons. The Hall–Kier alpha value is -1.24. The highest BCUT2D eigenvalue weighted by atomic mass is 32.1. The number of ether oxygens (including phenoxy) is 1. The van der Waals surface area contributed by atoms with E-state index in [0.717, 1.165) is 35.7 Å². The molecule has 2 rings (SSSR count). The summed E-state index contributed by atoms with van der Waals surface area (Å²) in [6, 6.07) is 0. The smallest absolute Gasteiger partial charge is 0.138 e. The summed E-state index contributed by atoms with van der Waals surface area (Å²) in [7, 11) is 4.09. The maximum absolute atomic E-state index is 5.57. The van der Waals surface area contributed by atoms with Gasteiger partial charge in [-0.2, -0.15) is 0 Å². The van der Waals surface area contributed by atoms with Gasteiger partial charge in [-0.3, -0.25) is 0 Å². The Morgan fingerprint density at radius 1 is 1.25 bits per heavy atom. The number of likely N-dealkylation sites (N-methyl/N-ethyl adjacent to an activating group) is 1. The number of aryl methyl sites for hydroxylation is 2. The van der Waals surface area contributed by atoms with E-state index in [9.17, 15) is 0 Å². The molecule has 0 aliphatic carbocycles. The minimum atomic E-state index is 0.682. The Morgan fingerprint density at radius 3 is 2.80 bits per heavy atom. The fourth-order valence-electron chi connectivity index (χ4n) is 1.91. The van der Waals surface area contributed by atoms with Gasteiger partial charge in [-0.25, -0.2) is 9.97 Å². The van der Waals surface area contributed by atoms with Crippen LogP contribution in [0.1, 0.15) is 10.4 Å². The van der Waals surface area contributed by atoms with Gasteiger partial charge in [0.25, 0.3) is 0 Å². The fourth-order valence-corrected chi connectivity index (χ4v) is 2.90. The van der Waals surface area contributed by atoms with Crippen LogP contribution in [0.3, 0.4) is 0 Å². The second kappa shape index (κ2) is 6.97. The topological polar surface area (TPSA) is 50.3 Å². The van der Waals surface area contributed by atoms with Crippen molar-refractivity contribution in [1.29, 1.82) is 0 Å². The Morgan fingerprint density at radius 2 is 2.05 bits per heavy atom. The van der Waals surface area contributed by atoms with Gasteiger partial charge in [0.1, 0.15) is 17.0 Å². The third kappa shape index (κ3) is 3.65. The third-order valence-corrected chi connectivity index (χ3v) is 4.30. The van der Waals surface area contributed by atoms with Crippen LogP contribution in [0, 0.1) is 13.8 Å². The Bertz CT molecular complexity index is 568. The minimum absolute atomic E-state index is 0.682. The molecule has 0 amide bonds. The molecule has 0 atom stereocenters. The molecule has 2 aromatic heterocycles. The van der Waals surface area contributed by atoms with Crippen molar-refractivity contribution in [3.8, 4) is 0 Å². The van der Waals surface area contributed by atoms with Crippen LogP contribution in [-0.2, 0) is 4.74 Å². The van der Waals surface area contributed by atoms with Gasteiger partial charge in [0.05, 0.1) is 18.6 Å². The highest BCUT2D eigenvalue weighted by Gasteiger charge is 2.11. The summed E-state index contributed by atoms with van der Waals surface area (Å²) in [5.41, 5.74) is 1.27. The first kappa shape index (κ1) is 15.2. The molecule has 0 fully saturated rings. The van der Waals surface area contributed by atoms with Crippen molar-refractivity contribution >= 4 is 27.4 Å². The second-order valence-electron chi connectivity index (χ2n) is 5.03. The maximum Gasteiger partial charge on any atom is 0.138 e. The fraction of sp³-hybridized carbons (Fsp3) is 0.571. The molecule has 1 N–H and O–H groups in total. The molecule has 5 nitrogen and oxygen atoms in total. The summed E-state index contributed by atoms with van der Waals surface area (Å²) >= 11 is 1.72. The van der Waals surface area contributed by atoms with Crippen LogP contribution in [0.15, 0.2) is 6.33 Å². The zero-order valence-electron chi connectivity index (χ0n) is 12.6. The summed E-state index contributed by atoms with van der Waals surface area (Å²) in [4.78, 5) is 13.1. The van der Waals surface area contributed by atoms with Gasteiger partial charge in [0.15, 0.2) is 0 Å². The SMILES string of the molecule is Cc1sc2ncnc(NCCOCCN(C)C)c2c1C. The summed E-state index contributed by atoms with van der Waals surface area (Å²) in [6.45, 7) is 7.38. The molecular formula is C14H22N4OS. The van der Waals surface area contributed by atoms with Crippen LogP contribution < -0.4 is 5.32 Å². The van der Waals surface area contributed by atoms with Crippen molar-refractivity contribution in [1.82, 2.24) is 14.9 Å². The Kier molecular flexibility index (Phi) is 5.28. The first-order chi connectivity index (χ1) is 9.59. The van der Waals surface area contributed by atoms with Gasteiger partial charge in [0, 0.05) is 18.0 Å². The normalized spacial score (nSPS) is 11.4. The van der Waals surface area contributed by atoms with E-state index >= 15 is 0 Å². The monoisotopic (exact) mass is 294 g/mol. The number of aromatic nitrogens is 2. The number of hydrogen-bond donors (Lipinski definition) is 1. The molecule has 6 heteroatoms. The first-order valence-electron chi connectivity index (χ1n) is 6.76. The molecule has 0 aliphatic heterocycles. The van der Waals surface area contributed by atoms with Gasteiger partial charge in [0.2, 0.25) is 0 Å². The second-order valence-corrected chi connectivity index (χ2v) is 6.23. The van der Waals surface area contributed by atoms with E-state index < -0.39 is 0 Å². The van der Waals surface area contributed by atoms with E-state index in [1.807, 2.05) is 14.1 Å². The number of rotatable bonds is 7. The molecule has 20 heavy (non-hydrogen) atoms. The number of nitrogens with one attached hydrogen (secondary N) is 1. The predicted octanol–water partition coefficient (Wildman–Crippen LogP) is 2.30. The predicted molar refractivity (Wildman–Crippen MR) is 84.8 cm³/mol. The molecule has 2 aromatic rings. The lowest BCUT2D eigenvalue weighted by Gasteiger charge is -2.11. The Labute approximate surface area is 124 Å². The number of hydrogen-bond acceptors (Lipinski definition) is 6. The third-order valence-electron chi connectivity index (χ3n) is 3.19. The summed E-state index contributed by atoms with van der Waals surface area (Å²) in [5, 5.41) is 4.49. The standard InChI is InChI=1S/C14H22N4OS/c1-10-11(2)20-14-12(10)13(16-9-17-14)15-5-7-19-8-6-18(3)4/h9H,5-8H2,1-4H3,(H,15,16,17). The maximum atomic E-state index is 5.57. The lowest BCUT2D eigenvalue weighted by atomic mass is 10.2. The van der Waals surface area contributed by atoms with Crippen LogP contribution in [-0.4, -0.2) is 55.3 Å². The van der Waals surface area contributed by atoms with Crippen molar-refractivity contribution in [2.45, 2.75) is 13.8 Å². The lowest BCUT2D eigenvalue weighted by molar-refractivity contribution is 0.126. The number of anilines is 1. The molecule has 0 aromatic carbocycles. The van der Waals surface area contributed by atoms with Crippen LogP contribution in [0.4, 0.5) is 5.82 Å². The summed E-state index contributed by atoms with van der Waals surface area (Å²) in [5.74, 6) is 0.910. The van der Waals surface area contributed by atoms with Gasteiger partial charge >= 0.3 is 0 Å². The number of nitrogens with zero attached hydrogens (tertiary/aromatic N) is 3. The first-order valence-corrected chi connectivity index (χ1v) is 7.58.